The van der Waals surface area contributed by atoms with Crippen molar-refractivity contribution in [3.63, 3.8) is 0 Å². The van der Waals surface area contributed by atoms with Gasteiger partial charge in [-0.25, -0.2) is 0 Å². The molecule has 3 atom stereocenters. The normalized spacial score (nSPS) is 29.2. The molecule has 4 nitrogen and oxygen atoms in total. The Morgan fingerprint density at radius 3 is 3.00 bits per heavy atom. The van der Waals surface area contributed by atoms with Crippen LogP contribution in [-0.2, 0) is 17.6 Å². The monoisotopic (exact) mass is 261 g/mol. The molecule has 0 amide bonds. The molecular weight excluding hydrogens is 242 g/mol. The SMILES string of the molecule is COc1cccc2c1CC1CC(C(=O)O)CNC1C2. The maximum Gasteiger partial charge on any atom is 0.307 e. The molecule has 2 aliphatic rings. The molecule has 1 heterocycles. The van der Waals surface area contributed by atoms with Crippen LogP contribution in [0.4, 0.5) is 0 Å². The molecule has 0 radical (unpaired) electrons. The third-order valence-electron chi connectivity index (χ3n) is 4.49. The lowest BCUT2D eigenvalue weighted by atomic mass is 9.73. The standard InChI is InChI=1S/C15H19NO3/c1-19-14-4-2-3-9-7-13-10(6-12(9)14)5-11(8-16-13)15(17)18/h2-4,10-11,13,16H,5-8H2,1H3,(H,17,18). The molecule has 1 aromatic rings. The van der Waals surface area contributed by atoms with Gasteiger partial charge in [0.1, 0.15) is 5.75 Å². The summed E-state index contributed by atoms with van der Waals surface area (Å²) in [5.74, 6) is 0.404. The number of ether oxygens (including phenoxy) is 1. The molecule has 0 saturated carbocycles. The van der Waals surface area contributed by atoms with Gasteiger partial charge in [-0.1, -0.05) is 12.1 Å². The Hall–Kier alpha value is -1.55. The fourth-order valence-corrected chi connectivity index (χ4v) is 3.45. The zero-order valence-electron chi connectivity index (χ0n) is 11.1. The van der Waals surface area contributed by atoms with E-state index >= 15 is 0 Å². The largest absolute Gasteiger partial charge is 0.496 e. The summed E-state index contributed by atoms with van der Waals surface area (Å²) in [6.45, 7) is 0.593. The summed E-state index contributed by atoms with van der Waals surface area (Å²) < 4.78 is 5.43. The van der Waals surface area contributed by atoms with Crippen LogP contribution in [0.2, 0.25) is 0 Å². The lowest BCUT2D eigenvalue weighted by Crippen LogP contribution is -2.51. The third-order valence-corrected chi connectivity index (χ3v) is 4.49. The first-order valence-electron chi connectivity index (χ1n) is 6.80. The molecule has 3 unspecified atom stereocenters. The number of methoxy groups -OCH3 is 1. The highest BCUT2D eigenvalue weighted by Gasteiger charge is 2.37. The summed E-state index contributed by atoms with van der Waals surface area (Å²) in [7, 11) is 1.70. The first kappa shape index (κ1) is 12.5. The molecule has 1 aromatic carbocycles. The van der Waals surface area contributed by atoms with Crippen molar-refractivity contribution in [1.82, 2.24) is 5.32 Å². The number of carboxylic acids is 1. The molecule has 19 heavy (non-hydrogen) atoms. The second-order valence-corrected chi connectivity index (χ2v) is 5.55. The first-order valence-corrected chi connectivity index (χ1v) is 6.80. The van der Waals surface area contributed by atoms with Crippen LogP contribution < -0.4 is 10.1 Å². The maximum atomic E-state index is 11.1. The van der Waals surface area contributed by atoms with Crippen molar-refractivity contribution in [3.8, 4) is 5.75 Å². The number of benzene rings is 1. The number of carbonyl (C=O) groups is 1. The Morgan fingerprint density at radius 2 is 2.26 bits per heavy atom. The summed E-state index contributed by atoms with van der Waals surface area (Å²) in [6.07, 6.45) is 2.66. The van der Waals surface area contributed by atoms with E-state index in [-0.39, 0.29) is 5.92 Å². The van der Waals surface area contributed by atoms with Crippen molar-refractivity contribution in [2.24, 2.45) is 11.8 Å². The Labute approximate surface area is 112 Å². The van der Waals surface area contributed by atoms with Crippen LogP contribution in [0.15, 0.2) is 18.2 Å². The van der Waals surface area contributed by atoms with Crippen LogP contribution in [-0.4, -0.2) is 30.8 Å². The van der Waals surface area contributed by atoms with Crippen LogP contribution in [0.5, 0.6) is 5.75 Å². The van der Waals surface area contributed by atoms with E-state index in [4.69, 9.17) is 9.84 Å². The lowest BCUT2D eigenvalue weighted by Gasteiger charge is -2.40. The van der Waals surface area contributed by atoms with Crippen molar-refractivity contribution in [3.05, 3.63) is 29.3 Å². The fraction of sp³-hybridized carbons (Fsp3) is 0.533. The Kier molecular flexibility index (Phi) is 3.19. The number of hydrogen-bond acceptors (Lipinski definition) is 3. The van der Waals surface area contributed by atoms with Gasteiger partial charge < -0.3 is 15.2 Å². The quantitative estimate of drug-likeness (QED) is 0.846. The minimum Gasteiger partial charge on any atom is -0.496 e. The van der Waals surface area contributed by atoms with Gasteiger partial charge in [-0.2, -0.15) is 0 Å². The zero-order valence-corrected chi connectivity index (χ0v) is 11.1. The van der Waals surface area contributed by atoms with Gasteiger partial charge in [-0.15, -0.1) is 0 Å². The van der Waals surface area contributed by atoms with Crippen molar-refractivity contribution >= 4 is 5.97 Å². The smallest absolute Gasteiger partial charge is 0.307 e. The highest BCUT2D eigenvalue weighted by molar-refractivity contribution is 5.70. The Balaban J connectivity index is 1.86. The first-order chi connectivity index (χ1) is 9.19. The summed E-state index contributed by atoms with van der Waals surface area (Å²) in [5.41, 5.74) is 2.60. The van der Waals surface area contributed by atoms with Gasteiger partial charge in [0.25, 0.3) is 0 Å². The minimum atomic E-state index is -0.684. The van der Waals surface area contributed by atoms with Crippen LogP contribution in [0.25, 0.3) is 0 Å². The average molecular weight is 261 g/mol. The lowest BCUT2D eigenvalue weighted by molar-refractivity contribution is -0.143. The van der Waals surface area contributed by atoms with E-state index in [2.05, 4.69) is 11.4 Å². The van der Waals surface area contributed by atoms with Gasteiger partial charge in [-0.3, -0.25) is 4.79 Å². The predicted molar refractivity (Wildman–Crippen MR) is 71.4 cm³/mol. The molecule has 1 saturated heterocycles. The van der Waals surface area contributed by atoms with E-state index < -0.39 is 5.97 Å². The molecule has 1 aliphatic carbocycles. The van der Waals surface area contributed by atoms with Crippen molar-refractivity contribution in [2.45, 2.75) is 25.3 Å². The van der Waals surface area contributed by atoms with Gasteiger partial charge in [0, 0.05) is 12.6 Å². The summed E-state index contributed by atoms with van der Waals surface area (Å²) in [4.78, 5) is 11.1. The van der Waals surface area contributed by atoms with E-state index in [1.54, 1.807) is 7.11 Å². The molecule has 0 bridgehead atoms. The van der Waals surface area contributed by atoms with Crippen LogP contribution in [0, 0.1) is 11.8 Å². The maximum absolute atomic E-state index is 11.1. The number of piperidine rings is 1. The van der Waals surface area contributed by atoms with Gasteiger partial charge in [0.05, 0.1) is 13.0 Å². The molecule has 2 N–H and O–H groups in total. The molecule has 1 aliphatic heterocycles. The van der Waals surface area contributed by atoms with Gasteiger partial charge in [-0.05, 0) is 42.4 Å². The Morgan fingerprint density at radius 1 is 1.42 bits per heavy atom. The number of hydrogen-bond donors (Lipinski definition) is 2. The summed E-state index contributed by atoms with van der Waals surface area (Å²) >= 11 is 0. The number of nitrogens with one attached hydrogen (secondary N) is 1. The van der Waals surface area contributed by atoms with Crippen molar-refractivity contribution < 1.29 is 14.6 Å². The number of aliphatic carboxylic acids is 1. The van der Waals surface area contributed by atoms with Crippen LogP contribution >= 0.6 is 0 Å². The molecular formula is C15H19NO3. The number of fused-ring (bicyclic) bond motifs is 2. The highest BCUT2D eigenvalue weighted by Crippen LogP contribution is 2.36. The molecule has 3 rings (SSSR count). The molecule has 1 fully saturated rings. The second kappa shape index (κ2) is 4.85. The number of rotatable bonds is 2. The highest BCUT2D eigenvalue weighted by atomic mass is 16.5. The van der Waals surface area contributed by atoms with E-state index in [0.717, 1.165) is 25.0 Å². The van der Waals surface area contributed by atoms with Crippen LogP contribution in [0.1, 0.15) is 17.5 Å². The minimum absolute atomic E-state index is 0.252. The van der Waals surface area contributed by atoms with Crippen LogP contribution in [0.3, 0.4) is 0 Å². The van der Waals surface area contributed by atoms with Crippen molar-refractivity contribution in [2.75, 3.05) is 13.7 Å². The van der Waals surface area contributed by atoms with E-state index in [1.165, 1.54) is 11.1 Å². The van der Waals surface area contributed by atoms with E-state index in [9.17, 15) is 4.79 Å². The molecule has 0 spiro atoms. The fourth-order valence-electron chi connectivity index (χ4n) is 3.45. The van der Waals surface area contributed by atoms with E-state index in [1.807, 2.05) is 12.1 Å². The Bertz CT molecular complexity index is 500. The molecule has 102 valence electrons. The topological polar surface area (TPSA) is 58.6 Å². The average Bonchev–Trinajstić information content (AvgIpc) is 2.43. The molecule has 4 heteroatoms. The van der Waals surface area contributed by atoms with Crippen molar-refractivity contribution in [1.29, 1.82) is 0 Å². The van der Waals surface area contributed by atoms with E-state index in [0.29, 0.717) is 18.5 Å². The van der Waals surface area contributed by atoms with Gasteiger partial charge in [0.2, 0.25) is 0 Å². The van der Waals surface area contributed by atoms with Gasteiger partial charge in [0.15, 0.2) is 0 Å². The summed E-state index contributed by atoms with van der Waals surface area (Å²) in [6, 6.07) is 6.58. The number of carboxylic acid groups (broad SMARTS) is 1. The molecule has 0 aromatic heterocycles. The third kappa shape index (κ3) is 2.21. The summed E-state index contributed by atoms with van der Waals surface area (Å²) in [5, 5.41) is 12.6. The second-order valence-electron chi connectivity index (χ2n) is 5.55. The zero-order chi connectivity index (χ0) is 13.4. The van der Waals surface area contributed by atoms with Gasteiger partial charge >= 0.3 is 5.97 Å². The predicted octanol–water partition coefficient (Wildman–Crippen LogP) is 1.47.